The Kier molecular flexibility index (Phi) is 8.13. The van der Waals surface area contributed by atoms with Crippen molar-refractivity contribution in [3.63, 3.8) is 0 Å². The molecule has 1 aliphatic rings. The van der Waals surface area contributed by atoms with Crippen molar-refractivity contribution in [2.24, 2.45) is 0 Å². The van der Waals surface area contributed by atoms with Crippen LogP contribution in [-0.4, -0.2) is 43.2 Å². The third-order valence-electron chi connectivity index (χ3n) is 5.90. The molecule has 1 aliphatic heterocycles. The summed E-state index contributed by atoms with van der Waals surface area (Å²) >= 11 is 0. The van der Waals surface area contributed by atoms with Crippen LogP contribution in [0.1, 0.15) is 36.8 Å². The summed E-state index contributed by atoms with van der Waals surface area (Å²) in [7, 11) is -4.24. The van der Waals surface area contributed by atoms with Gasteiger partial charge in [-0.15, -0.1) is 0 Å². The largest absolute Gasteiger partial charge is 0.418 e. The second-order valence-electron chi connectivity index (χ2n) is 8.58. The van der Waals surface area contributed by atoms with Gasteiger partial charge in [-0.25, -0.2) is 9.97 Å². The molecular formula is C26H27F3N4O3S. The number of aliphatic hydroxyl groups excluding tert-OH is 1. The number of sulfonamides is 1. The topological polar surface area (TPSA) is 95.4 Å². The Bertz CT molecular complexity index is 1380. The Morgan fingerprint density at radius 3 is 2.59 bits per heavy atom. The van der Waals surface area contributed by atoms with Gasteiger partial charge in [-0.05, 0) is 55.5 Å². The van der Waals surface area contributed by atoms with Crippen LogP contribution >= 0.6 is 0 Å². The maximum Gasteiger partial charge on any atom is 0.418 e. The number of fused-ring (bicyclic) bond motifs is 6. The number of nitrogens with zero attached hydrogens (tertiary/aromatic N) is 3. The average Bonchev–Trinajstić information content (AvgIpc) is 2.86. The molecule has 2 N–H and O–H groups in total. The lowest BCUT2D eigenvalue weighted by Gasteiger charge is -2.24. The van der Waals surface area contributed by atoms with E-state index in [2.05, 4.69) is 14.7 Å². The van der Waals surface area contributed by atoms with Gasteiger partial charge in [0.1, 0.15) is 11.6 Å². The summed E-state index contributed by atoms with van der Waals surface area (Å²) in [6.45, 7) is 1.23. The van der Waals surface area contributed by atoms with Crippen LogP contribution in [0, 0.1) is 0 Å². The van der Waals surface area contributed by atoms with Gasteiger partial charge in [-0.2, -0.15) is 21.6 Å². The van der Waals surface area contributed by atoms with Crippen molar-refractivity contribution in [1.82, 2.24) is 9.97 Å². The van der Waals surface area contributed by atoms with E-state index in [0.29, 0.717) is 50.2 Å². The number of halogens is 3. The first kappa shape index (κ1) is 26.6. The fourth-order valence-electron chi connectivity index (χ4n) is 4.09. The highest BCUT2D eigenvalue weighted by Gasteiger charge is 2.35. The van der Waals surface area contributed by atoms with Crippen molar-refractivity contribution in [3.05, 3.63) is 71.8 Å². The molecular weight excluding hydrogens is 505 g/mol. The average molecular weight is 533 g/mol. The van der Waals surface area contributed by atoms with Crippen molar-refractivity contribution in [2.45, 2.75) is 36.9 Å². The molecule has 0 saturated carbocycles. The maximum atomic E-state index is 13.9. The van der Waals surface area contributed by atoms with Crippen LogP contribution in [0.25, 0.3) is 17.3 Å². The highest BCUT2D eigenvalue weighted by molar-refractivity contribution is 7.92. The maximum absolute atomic E-state index is 13.9. The monoisotopic (exact) mass is 532 g/mol. The highest BCUT2D eigenvalue weighted by atomic mass is 32.2. The number of unbranched alkanes of at least 4 members (excludes halogenated alkanes) is 1. The number of alkyl halides is 3. The van der Waals surface area contributed by atoms with Crippen molar-refractivity contribution in [1.29, 1.82) is 0 Å². The van der Waals surface area contributed by atoms with Crippen LogP contribution in [0.4, 0.5) is 24.8 Å². The molecule has 196 valence electrons. The lowest BCUT2D eigenvalue weighted by Crippen LogP contribution is -2.27. The van der Waals surface area contributed by atoms with E-state index in [1.54, 1.807) is 36.4 Å². The predicted molar refractivity (Wildman–Crippen MR) is 137 cm³/mol. The number of hydrogen-bond donors (Lipinski definition) is 2. The standard InChI is InChI=1S/C26H27F3N4O3S/c27-26(28,29)21-14-15-22-30-25(21)20-11-4-3-10-19(20)9-2-1-5-16-33(17-6-7-18-34)23-12-8-13-24(31-23)37(35,36)32-22/h2-4,8-15,34H,1,5-7,16-18H2,(H,30,32)/b9-2+. The van der Waals surface area contributed by atoms with E-state index in [1.165, 1.54) is 12.1 Å². The van der Waals surface area contributed by atoms with E-state index < -0.39 is 21.8 Å². The number of hydrogen-bond acceptors (Lipinski definition) is 6. The molecule has 37 heavy (non-hydrogen) atoms. The normalized spacial score (nSPS) is 16.5. The molecule has 0 spiro atoms. The van der Waals surface area contributed by atoms with Crippen LogP contribution in [0.5, 0.6) is 0 Å². The van der Waals surface area contributed by atoms with E-state index in [-0.39, 0.29) is 28.7 Å². The third-order valence-corrected chi connectivity index (χ3v) is 7.15. The van der Waals surface area contributed by atoms with Gasteiger partial charge in [-0.1, -0.05) is 42.5 Å². The SMILES string of the molecule is O=S1(=O)Nc2ccc(C(F)(F)F)c(n2)-c2ccccc2/C=C/CCCN(CCCCO)c2cccc1n2. The van der Waals surface area contributed by atoms with Gasteiger partial charge in [0.25, 0.3) is 10.0 Å². The number of anilines is 2. The van der Waals surface area contributed by atoms with E-state index in [9.17, 15) is 21.6 Å². The Morgan fingerprint density at radius 2 is 1.81 bits per heavy atom. The molecule has 3 aromatic rings. The number of rotatable bonds is 4. The highest BCUT2D eigenvalue weighted by Crippen LogP contribution is 2.38. The van der Waals surface area contributed by atoms with Gasteiger partial charge >= 0.3 is 6.18 Å². The van der Waals surface area contributed by atoms with E-state index in [4.69, 9.17) is 5.11 Å². The minimum absolute atomic E-state index is 0.0594. The van der Waals surface area contributed by atoms with Gasteiger partial charge in [0.15, 0.2) is 5.03 Å². The minimum Gasteiger partial charge on any atom is -0.396 e. The molecule has 0 atom stereocenters. The van der Waals surface area contributed by atoms with E-state index in [0.717, 1.165) is 12.1 Å². The quantitative estimate of drug-likeness (QED) is 0.440. The van der Waals surface area contributed by atoms with Gasteiger partial charge in [0.05, 0.1) is 11.3 Å². The molecule has 0 fully saturated rings. The molecule has 0 saturated heterocycles. The molecule has 0 aliphatic carbocycles. The smallest absolute Gasteiger partial charge is 0.396 e. The van der Waals surface area contributed by atoms with Crippen LogP contribution in [0.3, 0.4) is 0 Å². The van der Waals surface area contributed by atoms with Crippen LogP contribution in [0.2, 0.25) is 0 Å². The van der Waals surface area contributed by atoms with Crippen LogP contribution in [-0.2, 0) is 16.2 Å². The number of allylic oxidation sites excluding steroid dienone is 1. The second-order valence-corrected chi connectivity index (χ2v) is 10.2. The first-order valence-electron chi connectivity index (χ1n) is 11.9. The Hall–Kier alpha value is -3.44. The van der Waals surface area contributed by atoms with Crippen molar-refractivity contribution in [3.8, 4) is 11.3 Å². The molecule has 11 heteroatoms. The summed E-state index contributed by atoms with van der Waals surface area (Å²) in [5.74, 6) is 0.212. The zero-order valence-electron chi connectivity index (χ0n) is 19.9. The number of aromatic nitrogens is 2. The molecule has 7 nitrogen and oxygen atoms in total. The Morgan fingerprint density at radius 1 is 1.00 bits per heavy atom. The van der Waals surface area contributed by atoms with Gasteiger partial charge in [0, 0.05) is 25.3 Å². The zero-order chi connectivity index (χ0) is 26.5. The number of nitrogens with one attached hydrogen (secondary N) is 1. The lowest BCUT2D eigenvalue weighted by atomic mass is 9.99. The molecule has 3 heterocycles. The van der Waals surface area contributed by atoms with Crippen molar-refractivity contribution < 1.29 is 26.7 Å². The van der Waals surface area contributed by atoms with E-state index >= 15 is 0 Å². The molecule has 1 aromatic carbocycles. The second kappa shape index (κ2) is 11.3. The van der Waals surface area contributed by atoms with E-state index in [1.807, 2.05) is 11.0 Å². The summed E-state index contributed by atoms with van der Waals surface area (Å²) in [5.41, 5.74) is -0.544. The summed E-state index contributed by atoms with van der Waals surface area (Å²) < 4.78 is 70.3. The Balaban J connectivity index is 1.83. The Labute approximate surface area is 213 Å². The lowest BCUT2D eigenvalue weighted by molar-refractivity contribution is -0.137. The zero-order valence-corrected chi connectivity index (χ0v) is 20.8. The molecule has 2 aromatic heterocycles. The molecule has 4 rings (SSSR count). The molecule has 0 unspecified atom stereocenters. The fourth-order valence-corrected chi connectivity index (χ4v) is 5.06. The first-order chi connectivity index (χ1) is 17.7. The molecule has 0 radical (unpaired) electrons. The number of benzene rings is 1. The number of aliphatic hydroxyl groups is 1. The van der Waals surface area contributed by atoms with Crippen LogP contribution < -0.4 is 9.62 Å². The summed E-state index contributed by atoms with van der Waals surface area (Å²) in [5, 5.41) is 8.89. The molecule has 0 amide bonds. The van der Waals surface area contributed by atoms with Gasteiger partial charge < -0.3 is 10.0 Å². The minimum atomic E-state index is -4.69. The van der Waals surface area contributed by atoms with Crippen LogP contribution in [0.15, 0.2) is 65.7 Å². The van der Waals surface area contributed by atoms with Gasteiger partial charge in [-0.3, -0.25) is 4.72 Å². The van der Waals surface area contributed by atoms with Gasteiger partial charge in [0.2, 0.25) is 0 Å². The first-order valence-corrected chi connectivity index (χ1v) is 13.4. The number of pyridine rings is 2. The van der Waals surface area contributed by atoms with Crippen molar-refractivity contribution >= 4 is 27.7 Å². The molecule has 4 bridgehead atoms. The summed E-state index contributed by atoms with van der Waals surface area (Å²) in [6, 6.07) is 13.0. The third kappa shape index (κ3) is 6.47. The summed E-state index contributed by atoms with van der Waals surface area (Å²) in [4.78, 5) is 10.4. The fraction of sp³-hybridized carbons (Fsp3) is 0.308. The van der Waals surface area contributed by atoms with Crippen molar-refractivity contribution in [2.75, 3.05) is 29.3 Å². The summed E-state index contributed by atoms with van der Waals surface area (Å²) in [6.07, 6.45) is 1.63. The predicted octanol–water partition coefficient (Wildman–Crippen LogP) is 5.35.